The Balaban J connectivity index is 1.34. The zero-order chi connectivity index (χ0) is 16.4. The van der Waals surface area contributed by atoms with E-state index in [1.807, 2.05) is 6.20 Å². The minimum absolute atomic E-state index is 0.0842. The normalized spacial score (nSPS) is 21.2. The van der Waals surface area contributed by atoms with Crippen molar-refractivity contribution in [3.05, 3.63) is 34.5 Å². The summed E-state index contributed by atoms with van der Waals surface area (Å²) in [5.74, 6) is 0.795. The number of aromatic nitrogens is 3. The van der Waals surface area contributed by atoms with Gasteiger partial charge in [0.05, 0.1) is 17.2 Å². The van der Waals surface area contributed by atoms with Gasteiger partial charge in [-0.2, -0.15) is 5.10 Å². The summed E-state index contributed by atoms with van der Waals surface area (Å²) in [4.78, 5) is 18.6. The number of nitrogens with zero attached hydrogens (tertiary/aromatic N) is 4. The number of nitrogens with one attached hydrogen (secondary N) is 1. The van der Waals surface area contributed by atoms with Crippen LogP contribution in [-0.4, -0.2) is 45.2 Å². The summed E-state index contributed by atoms with van der Waals surface area (Å²) >= 11 is 1.44. The summed E-state index contributed by atoms with van der Waals surface area (Å²) in [5, 5.41) is 9.26. The predicted octanol–water partition coefficient (Wildman–Crippen LogP) is 2.32. The molecule has 0 bridgehead atoms. The summed E-state index contributed by atoms with van der Waals surface area (Å²) in [5.41, 5.74) is 3.48. The molecule has 0 spiro atoms. The van der Waals surface area contributed by atoms with Gasteiger partial charge in [-0.1, -0.05) is 6.42 Å². The summed E-state index contributed by atoms with van der Waals surface area (Å²) in [7, 11) is 0. The first-order valence-electron chi connectivity index (χ1n) is 8.71. The van der Waals surface area contributed by atoms with E-state index in [0.717, 1.165) is 25.4 Å². The van der Waals surface area contributed by atoms with Crippen LogP contribution < -0.4 is 5.32 Å². The van der Waals surface area contributed by atoms with E-state index < -0.39 is 0 Å². The topological polar surface area (TPSA) is 63.1 Å². The van der Waals surface area contributed by atoms with Crippen molar-refractivity contribution in [1.29, 1.82) is 0 Å². The third kappa shape index (κ3) is 3.37. The Morgan fingerprint density at radius 2 is 2.33 bits per heavy atom. The molecule has 2 aliphatic rings. The van der Waals surface area contributed by atoms with Crippen LogP contribution in [0.2, 0.25) is 0 Å². The largest absolute Gasteiger partial charge is 0.351 e. The highest BCUT2D eigenvalue weighted by atomic mass is 32.1. The smallest absolute Gasteiger partial charge is 0.270 e. The van der Waals surface area contributed by atoms with Gasteiger partial charge < -0.3 is 5.32 Å². The molecule has 1 fully saturated rings. The highest BCUT2D eigenvalue weighted by Gasteiger charge is 2.28. The standard InChI is InChI=1S/C17H23N5OS/c23-17(16-11-24-12-19-16)18-6-4-14-9-21(8-13-2-1-3-13)10-15-5-7-20-22(14)15/h5,7,11-14H,1-4,6,8-10H2,(H,18,23)/t14-/m1/s1. The van der Waals surface area contributed by atoms with Gasteiger partial charge in [0.15, 0.2) is 0 Å². The molecule has 2 aromatic rings. The van der Waals surface area contributed by atoms with Gasteiger partial charge in [0, 0.05) is 37.8 Å². The van der Waals surface area contributed by atoms with Crippen LogP contribution in [0.25, 0.3) is 0 Å². The number of carbonyl (C=O) groups excluding carboxylic acids is 1. The number of hydrogen-bond donors (Lipinski definition) is 1. The molecule has 0 aromatic carbocycles. The van der Waals surface area contributed by atoms with E-state index in [9.17, 15) is 4.79 Å². The van der Waals surface area contributed by atoms with Crippen LogP contribution >= 0.6 is 11.3 Å². The molecule has 1 aliphatic heterocycles. The van der Waals surface area contributed by atoms with Crippen molar-refractivity contribution in [3.63, 3.8) is 0 Å². The van der Waals surface area contributed by atoms with Gasteiger partial charge in [0.2, 0.25) is 0 Å². The average Bonchev–Trinajstić information content (AvgIpc) is 3.22. The first-order valence-corrected chi connectivity index (χ1v) is 9.65. The monoisotopic (exact) mass is 345 g/mol. The summed E-state index contributed by atoms with van der Waals surface area (Å²) in [6.07, 6.45) is 6.94. The molecule has 6 nitrogen and oxygen atoms in total. The zero-order valence-corrected chi connectivity index (χ0v) is 14.5. The molecule has 2 aromatic heterocycles. The lowest BCUT2D eigenvalue weighted by atomic mass is 9.85. The Kier molecular flexibility index (Phi) is 4.62. The fourth-order valence-corrected chi connectivity index (χ4v) is 4.16. The fraction of sp³-hybridized carbons (Fsp3) is 0.588. The minimum Gasteiger partial charge on any atom is -0.351 e. The summed E-state index contributed by atoms with van der Waals surface area (Å²) in [6.45, 7) is 3.88. The Bertz CT molecular complexity index is 679. The van der Waals surface area contributed by atoms with Gasteiger partial charge in [-0.05, 0) is 31.2 Å². The molecule has 24 heavy (non-hydrogen) atoms. The second kappa shape index (κ2) is 7.03. The second-order valence-corrected chi connectivity index (χ2v) is 7.55. The van der Waals surface area contributed by atoms with Gasteiger partial charge >= 0.3 is 0 Å². The molecule has 128 valence electrons. The quantitative estimate of drug-likeness (QED) is 0.873. The molecule has 0 radical (unpaired) electrons. The van der Waals surface area contributed by atoms with Crippen molar-refractivity contribution >= 4 is 17.2 Å². The Labute approximate surface area is 145 Å². The van der Waals surface area contributed by atoms with Crippen molar-refractivity contribution in [2.24, 2.45) is 5.92 Å². The van der Waals surface area contributed by atoms with Crippen LogP contribution in [0, 0.1) is 5.92 Å². The maximum atomic E-state index is 12.0. The van der Waals surface area contributed by atoms with Crippen molar-refractivity contribution in [3.8, 4) is 0 Å². The van der Waals surface area contributed by atoms with E-state index in [4.69, 9.17) is 0 Å². The van der Waals surface area contributed by atoms with Crippen LogP contribution in [0.1, 0.15) is 47.9 Å². The second-order valence-electron chi connectivity index (χ2n) is 6.83. The number of fused-ring (bicyclic) bond motifs is 1. The molecule has 3 heterocycles. The molecular formula is C17H23N5OS. The SMILES string of the molecule is O=C(NCC[C@@H]1CN(CC2CCC2)Cc2ccnn21)c1cscn1. The Hall–Kier alpha value is -1.73. The van der Waals surface area contributed by atoms with E-state index in [1.165, 1.54) is 42.8 Å². The zero-order valence-electron chi connectivity index (χ0n) is 13.7. The van der Waals surface area contributed by atoms with Crippen molar-refractivity contribution in [1.82, 2.24) is 25.0 Å². The van der Waals surface area contributed by atoms with E-state index in [2.05, 4.69) is 31.0 Å². The average molecular weight is 345 g/mol. The van der Waals surface area contributed by atoms with Crippen LogP contribution in [0.4, 0.5) is 0 Å². The van der Waals surface area contributed by atoms with Crippen LogP contribution in [0.5, 0.6) is 0 Å². The number of rotatable bonds is 6. The molecule has 1 atom stereocenters. The lowest BCUT2D eigenvalue weighted by molar-refractivity contribution is 0.0937. The van der Waals surface area contributed by atoms with E-state index in [1.54, 1.807) is 10.9 Å². The lowest BCUT2D eigenvalue weighted by Gasteiger charge is -2.38. The first kappa shape index (κ1) is 15.8. The molecule has 1 N–H and O–H groups in total. The molecule has 1 saturated carbocycles. The molecule has 4 rings (SSSR count). The van der Waals surface area contributed by atoms with Gasteiger partial charge in [-0.3, -0.25) is 14.4 Å². The lowest BCUT2D eigenvalue weighted by Crippen LogP contribution is -2.42. The van der Waals surface area contributed by atoms with Gasteiger partial charge in [-0.15, -0.1) is 11.3 Å². The number of amides is 1. The molecule has 1 amide bonds. The Morgan fingerprint density at radius 3 is 3.08 bits per heavy atom. The third-order valence-electron chi connectivity index (χ3n) is 5.12. The van der Waals surface area contributed by atoms with Gasteiger partial charge in [0.1, 0.15) is 5.69 Å². The molecule has 7 heteroatoms. The van der Waals surface area contributed by atoms with E-state index in [-0.39, 0.29) is 5.91 Å². The number of carbonyl (C=O) groups is 1. The highest BCUT2D eigenvalue weighted by Crippen LogP contribution is 2.30. The molecular weight excluding hydrogens is 322 g/mol. The maximum absolute atomic E-state index is 12.0. The number of hydrogen-bond acceptors (Lipinski definition) is 5. The molecule has 0 saturated heterocycles. The minimum atomic E-state index is -0.0842. The summed E-state index contributed by atoms with van der Waals surface area (Å²) in [6, 6.07) is 2.45. The van der Waals surface area contributed by atoms with Crippen molar-refractivity contribution in [2.75, 3.05) is 19.6 Å². The van der Waals surface area contributed by atoms with Crippen LogP contribution in [0.15, 0.2) is 23.2 Å². The predicted molar refractivity (Wildman–Crippen MR) is 92.9 cm³/mol. The molecule has 0 unspecified atom stereocenters. The van der Waals surface area contributed by atoms with Crippen molar-refractivity contribution in [2.45, 2.75) is 38.3 Å². The maximum Gasteiger partial charge on any atom is 0.270 e. The highest BCUT2D eigenvalue weighted by molar-refractivity contribution is 7.07. The Morgan fingerprint density at radius 1 is 1.42 bits per heavy atom. The number of thiazole rings is 1. The fourth-order valence-electron chi connectivity index (χ4n) is 3.63. The van der Waals surface area contributed by atoms with E-state index >= 15 is 0 Å². The first-order chi connectivity index (χ1) is 11.8. The molecule has 1 aliphatic carbocycles. The summed E-state index contributed by atoms with van der Waals surface area (Å²) < 4.78 is 2.15. The van der Waals surface area contributed by atoms with Crippen molar-refractivity contribution < 1.29 is 4.79 Å². The van der Waals surface area contributed by atoms with E-state index in [0.29, 0.717) is 18.3 Å². The van der Waals surface area contributed by atoms with Gasteiger partial charge in [-0.25, -0.2) is 4.98 Å². The third-order valence-corrected chi connectivity index (χ3v) is 5.71. The van der Waals surface area contributed by atoms with Crippen LogP contribution in [-0.2, 0) is 6.54 Å². The van der Waals surface area contributed by atoms with Gasteiger partial charge in [0.25, 0.3) is 5.91 Å². The van der Waals surface area contributed by atoms with Crippen LogP contribution in [0.3, 0.4) is 0 Å².